The summed E-state index contributed by atoms with van der Waals surface area (Å²) in [5.41, 5.74) is 2.56. The van der Waals surface area contributed by atoms with E-state index in [0.717, 1.165) is 54.5 Å². The number of benzene rings is 1. The lowest BCUT2D eigenvalue weighted by atomic mass is 10.1. The molecule has 6 heteroatoms. The van der Waals surface area contributed by atoms with Crippen LogP contribution in [0.2, 0.25) is 0 Å². The first kappa shape index (κ1) is 16.4. The van der Waals surface area contributed by atoms with Gasteiger partial charge in [-0.05, 0) is 37.8 Å². The molecule has 0 unspecified atom stereocenters. The second kappa shape index (κ2) is 7.04. The average Bonchev–Trinajstić information content (AvgIpc) is 2.82. The zero-order valence-corrected chi connectivity index (χ0v) is 15.3. The molecule has 0 spiro atoms. The van der Waals surface area contributed by atoms with Crippen molar-refractivity contribution in [2.24, 2.45) is 0 Å². The number of para-hydroxylation sites is 1. The first-order chi connectivity index (χ1) is 12.3. The quantitative estimate of drug-likeness (QED) is 0.529. The number of aromatic nitrogens is 4. The molecule has 0 aromatic heterocycles. The molecule has 0 aliphatic carbocycles. The van der Waals surface area contributed by atoms with Gasteiger partial charge in [-0.25, -0.2) is 4.98 Å². The fourth-order valence-electron chi connectivity index (χ4n) is 3.40. The fraction of sp³-hybridized carbons (Fsp3) is 0.421. The molecule has 0 amide bonds. The van der Waals surface area contributed by atoms with Gasteiger partial charge in [0, 0.05) is 18.0 Å². The molecule has 0 fully saturated rings. The van der Waals surface area contributed by atoms with Gasteiger partial charge in [-0.15, -0.1) is 5.10 Å². The van der Waals surface area contributed by atoms with Crippen LogP contribution in [0.15, 0.2) is 40.3 Å². The van der Waals surface area contributed by atoms with Crippen molar-refractivity contribution in [3.05, 3.63) is 46.4 Å². The highest BCUT2D eigenvalue weighted by Gasteiger charge is 2.26. The van der Waals surface area contributed by atoms with Gasteiger partial charge in [-0.3, -0.25) is 4.79 Å². The van der Waals surface area contributed by atoms with Crippen molar-refractivity contribution < 1.29 is 0 Å². The molecule has 4 rings (SSSR count). The number of hydrogen-bond acceptors (Lipinski definition) is 4. The standard InChI is InChI=1S/C19H22N4OS/c1-2-13-25-19-20-17-16(15-11-7-4-8-12-22(15)19)18(24)23(21-17)14-9-5-3-6-10-14/h3,5-6,9-10H,2,4,7-8,11-13H2,1H3. The molecule has 130 valence electrons. The Bertz CT molecular complexity index is 900. The van der Waals surface area contributed by atoms with Crippen molar-refractivity contribution in [2.75, 3.05) is 5.75 Å². The molecular weight excluding hydrogens is 332 g/mol. The largest absolute Gasteiger partial charge is 0.324 e. The van der Waals surface area contributed by atoms with Crippen LogP contribution >= 0.6 is 11.8 Å². The second-order valence-corrected chi connectivity index (χ2v) is 7.47. The minimum atomic E-state index is -0.0496. The highest BCUT2D eigenvalue weighted by atomic mass is 32.2. The number of thioether (sulfide) groups is 1. The maximum atomic E-state index is 13.1. The highest BCUT2D eigenvalue weighted by Crippen LogP contribution is 2.30. The third-order valence-corrected chi connectivity index (χ3v) is 5.79. The number of nitrogens with zero attached hydrogens (tertiary/aromatic N) is 4. The van der Waals surface area contributed by atoms with E-state index in [1.54, 1.807) is 11.8 Å². The first-order valence-corrected chi connectivity index (χ1v) is 9.99. The molecule has 0 radical (unpaired) electrons. The SMILES string of the molecule is CCCSc1nc2nn(-c3ccccc3)c(=O)c-2c2n1CCCCC2. The van der Waals surface area contributed by atoms with Crippen molar-refractivity contribution in [2.45, 2.75) is 50.7 Å². The van der Waals surface area contributed by atoms with Crippen LogP contribution in [-0.2, 0) is 13.0 Å². The molecule has 3 aliphatic heterocycles. The van der Waals surface area contributed by atoms with Gasteiger partial charge in [0.05, 0.1) is 5.69 Å². The van der Waals surface area contributed by atoms with E-state index in [1.807, 2.05) is 30.3 Å². The first-order valence-electron chi connectivity index (χ1n) is 9.00. The third kappa shape index (κ3) is 2.99. The van der Waals surface area contributed by atoms with Crippen LogP contribution in [0.3, 0.4) is 0 Å². The van der Waals surface area contributed by atoms with Gasteiger partial charge >= 0.3 is 0 Å². The molecule has 5 nitrogen and oxygen atoms in total. The van der Waals surface area contributed by atoms with E-state index in [0.29, 0.717) is 11.4 Å². The van der Waals surface area contributed by atoms with E-state index < -0.39 is 0 Å². The molecule has 3 heterocycles. The Balaban J connectivity index is 1.94. The van der Waals surface area contributed by atoms with Gasteiger partial charge in [0.25, 0.3) is 5.56 Å². The van der Waals surface area contributed by atoms with Gasteiger partial charge in [-0.1, -0.05) is 43.3 Å². The lowest BCUT2D eigenvalue weighted by Gasteiger charge is -2.17. The summed E-state index contributed by atoms with van der Waals surface area (Å²) in [5, 5.41) is 5.56. The molecule has 0 saturated heterocycles. The minimum absolute atomic E-state index is 0.0496. The molecule has 25 heavy (non-hydrogen) atoms. The minimum Gasteiger partial charge on any atom is -0.324 e. The normalized spacial score (nSPS) is 14.4. The smallest absolute Gasteiger partial charge is 0.284 e. The Hall–Kier alpha value is -2.08. The predicted octanol–water partition coefficient (Wildman–Crippen LogP) is 3.76. The van der Waals surface area contributed by atoms with E-state index in [1.165, 1.54) is 11.1 Å². The topological polar surface area (TPSA) is 52.7 Å². The summed E-state index contributed by atoms with van der Waals surface area (Å²) in [7, 11) is 0. The summed E-state index contributed by atoms with van der Waals surface area (Å²) in [4.78, 5) is 17.8. The second-order valence-electron chi connectivity index (χ2n) is 6.40. The highest BCUT2D eigenvalue weighted by molar-refractivity contribution is 7.99. The summed E-state index contributed by atoms with van der Waals surface area (Å²) >= 11 is 1.77. The van der Waals surface area contributed by atoms with Crippen LogP contribution in [0.5, 0.6) is 0 Å². The van der Waals surface area contributed by atoms with E-state index in [2.05, 4.69) is 16.6 Å². The predicted molar refractivity (Wildman–Crippen MR) is 101 cm³/mol. The molecule has 1 aromatic carbocycles. The zero-order valence-electron chi connectivity index (χ0n) is 14.4. The van der Waals surface area contributed by atoms with Gasteiger partial charge < -0.3 is 4.57 Å². The fourth-order valence-corrected chi connectivity index (χ4v) is 4.30. The monoisotopic (exact) mass is 354 g/mol. The maximum absolute atomic E-state index is 13.1. The third-order valence-electron chi connectivity index (χ3n) is 4.60. The Kier molecular flexibility index (Phi) is 4.61. The molecule has 0 N–H and O–H groups in total. The van der Waals surface area contributed by atoms with Crippen LogP contribution < -0.4 is 5.56 Å². The molecule has 3 aliphatic rings. The van der Waals surface area contributed by atoms with Crippen molar-refractivity contribution in [1.82, 2.24) is 19.3 Å². The van der Waals surface area contributed by atoms with E-state index in [-0.39, 0.29) is 5.56 Å². The van der Waals surface area contributed by atoms with Crippen LogP contribution in [0.25, 0.3) is 17.1 Å². The molecular formula is C19H22N4OS. The van der Waals surface area contributed by atoms with Gasteiger partial charge in [0.15, 0.2) is 11.0 Å². The zero-order chi connectivity index (χ0) is 17.2. The Morgan fingerprint density at radius 1 is 1.16 bits per heavy atom. The Morgan fingerprint density at radius 3 is 2.80 bits per heavy atom. The molecule has 0 bridgehead atoms. The van der Waals surface area contributed by atoms with Gasteiger partial charge in [0.1, 0.15) is 5.56 Å². The van der Waals surface area contributed by atoms with E-state index >= 15 is 0 Å². The van der Waals surface area contributed by atoms with Crippen LogP contribution in [0, 0.1) is 0 Å². The Labute approximate surface area is 151 Å². The van der Waals surface area contributed by atoms with Crippen molar-refractivity contribution in [1.29, 1.82) is 0 Å². The van der Waals surface area contributed by atoms with E-state index in [4.69, 9.17) is 4.98 Å². The average molecular weight is 354 g/mol. The number of hydrogen-bond donors (Lipinski definition) is 0. The number of fused-ring (bicyclic) bond motifs is 3. The number of rotatable bonds is 4. The summed E-state index contributed by atoms with van der Waals surface area (Å²) in [6.07, 6.45) is 5.49. The summed E-state index contributed by atoms with van der Waals surface area (Å²) in [6.45, 7) is 3.12. The van der Waals surface area contributed by atoms with E-state index in [9.17, 15) is 4.79 Å². The van der Waals surface area contributed by atoms with Crippen molar-refractivity contribution in [3.8, 4) is 17.1 Å². The molecule has 0 saturated carbocycles. The van der Waals surface area contributed by atoms with Gasteiger partial charge in [-0.2, -0.15) is 4.68 Å². The van der Waals surface area contributed by atoms with Crippen molar-refractivity contribution >= 4 is 11.8 Å². The van der Waals surface area contributed by atoms with Crippen LogP contribution in [-0.4, -0.2) is 25.1 Å². The maximum Gasteiger partial charge on any atom is 0.284 e. The molecule has 1 aromatic rings. The molecule has 0 atom stereocenters. The lowest BCUT2D eigenvalue weighted by Crippen LogP contribution is -2.19. The summed E-state index contributed by atoms with van der Waals surface area (Å²) in [6, 6.07) is 9.60. The van der Waals surface area contributed by atoms with Crippen molar-refractivity contribution in [3.63, 3.8) is 0 Å². The van der Waals surface area contributed by atoms with Gasteiger partial charge in [0.2, 0.25) is 0 Å². The lowest BCUT2D eigenvalue weighted by molar-refractivity contribution is 0.571. The Morgan fingerprint density at radius 2 is 2.00 bits per heavy atom. The van der Waals surface area contributed by atoms with Crippen LogP contribution in [0.4, 0.5) is 0 Å². The summed E-state index contributed by atoms with van der Waals surface area (Å²) in [5.74, 6) is 1.61. The van der Waals surface area contributed by atoms with Crippen LogP contribution in [0.1, 0.15) is 38.3 Å². The summed E-state index contributed by atoms with van der Waals surface area (Å²) < 4.78 is 3.77.